The molecule has 7 nitrogen and oxygen atoms in total. The number of hydrogen-bond acceptors (Lipinski definition) is 4. The molecule has 2 aromatic rings. The summed E-state index contributed by atoms with van der Waals surface area (Å²) in [5.74, 6) is -1.16. The van der Waals surface area contributed by atoms with Gasteiger partial charge in [-0.1, -0.05) is 18.2 Å². The van der Waals surface area contributed by atoms with Gasteiger partial charge < -0.3 is 14.6 Å². The predicted octanol–water partition coefficient (Wildman–Crippen LogP) is 1.53. The second-order valence-electron chi connectivity index (χ2n) is 5.49. The maximum Gasteiger partial charge on any atom is 0.352 e. The third-order valence-corrected chi connectivity index (χ3v) is 5.10. The van der Waals surface area contributed by atoms with E-state index in [1.807, 2.05) is 42.3 Å². The van der Waals surface area contributed by atoms with E-state index < -0.39 is 16.0 Å². The van der Waals surface area contributed by atoms with Gasteiger partial charge in [0.1, 0.15) is 10.6 Å². The van der Waals surface area contributed by atoms with Crippen molar-refractivity contribution in [1.29, 1.82) is 0 Å². The number of aryl methyl sites for hydroxylation is 1. The number of anilines is 1. The normalized spacial score (nSPS) is 11.4. The predicted molar refractivity (Wildman–Crippen MR) is 91.9 cm³/mol. The molecule has 8 heteroatoms. The molecule has 0 aliphatic carbocycles. The van der Waals surface area contributed by atoms with Crippen molar-refractivity contribution in [3.05, 3.63) is 48.3 Å². The molecule has 0 saturated carbocycles. The van der Waals surface area contributed by atoms with Crippen molar-refractivity contribution in [1.82, 2.24) is 9.29 Å². The van der Waals surface area contributed by atoms with E-state index in [4.69, 9.17) is 5.11 Å². The van der Waals surface area contributed by atoms with Crippen molar-refractivity contribution in [3.8, 4) is 0 Å². The molecular weight excluding hydrogens is 330 g/mol. The lowest BCUT2D eigenvalue weighted by molar-refractivity contribution is 0.0686. The summed E-state index contributed by atoms with van der Waals surface area (Å²) < 4.78 is 28.2. The number of nitrogens with zero attached hydrogens (tertiary/aromatic N) is 2. The molecule has 1 heterocycles. The Kier molecular flexibility index (Phi) is 5.63. The number of carboxylic acids is 1. The third-order valence-electron chi connectivity index (χ3n) is 3.67. The lowest BCUT2D eigenvalue weighted by Gasteiger charge is -2.19. The van der Waals surface area contributed by atoms with Gasteiger partial charge in [0, 0.05) is 39.1 Å². The summed E-state index contributed by atoms with van der Waals surface area (Å²) in [6.07, 6.45) is 1.92. The molecule has 0 aliphatic rings. The van der Waals surface area contributed by atoms with Crippen molar-refractivity contribution in [2.24, 2.45) is 7.05 Å². The zero-order valence-electron chi connectivity index (χ0n) is 13.6. The summed E-state index contributed by atoms with van der Waals surface area (Å²) in [6.45, 7) is 0.971. The zero-order valence-corrected chi connectivity index (χ0v) is 14.5. The minimum atomic E-state index is -3.71. The third kappa shape index (κ3) is 4.36. The Bertz CT molecular complexity index is 800. The van der Waals surface area contributed by atoms with Crippen LogP contribution in [-0.4, -0.2) is 44.2 Å². The number of nitrogens with one attached hydrogen (secondary N) is 1. The molecule has 0 atom stereocenters. The molecule has 2 N–H and O–H groups in total. The van der Waals surface area contributed by atoms with E-state index in [1.165, 1.54) is 17.8 Å². The first kappa shape index (κ1) is 18.0. The van der Waals surface area contributed by atoms with E-state index in [0.29, 0.717) is 13.0 Å². The quantitative estimate of drug-likeness (QED) is 0.704. The van der Waals surface area contributed by atoms with Gasteiger partial charge >= 0.3 is 5.97 Å². The van der Waals surface area contributed by atoms with Crippen molar-refractivity contribution >= 4 is 21.7 Å². The number of para-hydroxylation sites is 1. The Morgan fingerprint density at radius 3 is 2.54 bits per heavy atom. The standard InChI is InChI=1S/C16H21N3O4S/c1-18(13-7-4-3-5-8-13)10-6-9-17-24(22,23)14-11-15(16(20)21)19(2)12-14/h3-5,7-8,11-12,17H,6,9-10H2,1-2H3,(H,20,21). The average molecular weight is 351 g/mol. The number of sulfonamides is 1. The largest absolute Gasteiger partial charge is 0.477 e. The van der Waals surface area contributed by atoms with Gasteiger partial charge in [-0.05, 0) is 24.6 Å². The second kappa shape index (κ2) is 7.50. The number of aromatic nitrogens is 1. The topological polar surface area (TPSA) is 91.6 Å². The summed E-state index contributed by atoms with van der Waals surface area (Å²) in [6, 6.07) is 11.0. The van der Waals surface area contributed by atoms with E-state index in [0.717, 1.165) is 11.8 Å². The molecule has 130 valence electrons. The lowest BCUT2D eigenvalue weighted by atomic mass is 10.3. The van der Waals surface area contributed by atoms with Gasteiger partial charge in [0.25, 0.3) is 0 Å². The van der Waals surface area contributed by atoms with Crippen molar-refractivity contribution in [2.45, 2.75) is 11.3 Å². The van der Waals surface area contributed by atoms with Gasteiger partial charge in [-0.15, -0.1) is 0 Å². The van der Waals surface area contributed by atoms with Crippen LogP contribution in [0.1, 0.15) is 16.9 Å². The van der Waals surface area contributed by atoms with Crippen LogP contribution in [0.3, 0.4) is 0 Å². The number of aromatic carboxylic acids is 1. The van der Waals surface area contributed by atoms with E-state index in [-0.39, 0.29) is 17.1 Å². The molecule has 24 heavy (non-hydrogen) atoms. The summed E-state index contributed by atoms with van der Waals surface area (Å²) >= 11 is 0. The van der Waals surface area contributed by atoms with Crippen molar-refractivity contribution in [3.63, 3.8) is 0 Å². The average Bonchev–Trinajstić information content (AvgIpc) is 2.95. The van der Waals surface area contributed by atoms with Gasteiger partial charge in [-0.2, -0.15) is 0 Å². The maximum atomic E-state index is 12.2. The maximum absolute atomic E-state index is 12.2. The van der Waals surface area contributed by atoms with Gasteiger partial charge in [0.2, 0.25) is 10.0 Å². The van der Waals surface area contributed by atoms with Crippen LogP contribution in [0.4, 0.5) is 5.69 Å². The fourth-order valence-corrected chi connectivity index (χ4v) is 3.45. The molecule has 2 rings (SSSR count). The highest BCUT2D eigenvalue weighted by Crippen LogP contribution is 2.14. The van der Waals surface area contributed by atoms with Crippen LogP contribution in [0, 0.1) is 0 Å². The van der Waals surface area contributed by atoms with Crippen LogP contribution in [0.5, 0.6) is 0 Å². The first-order valence-electron chi connectivity index (χ1n) is 7.47. The first-order chi connectivity index (χ1) is 11.3. The Morgan fingerprint density at radius 1 is 1.29 bits per heavy atom. The molecule has 0 fully saturated rings. The van der Waals surface area contributed by atoms with Crippen LogP contribution in [0.2, 0.25) is 0 Å². The summed E-state index contributed by atoms with van der Waals surface area (Å²) in [5.41, 5.74) is 0.994. The van der Waals surface area contributed by atoms with Crippen LogP contribution < -0.4 is 9.62 Å². The SMILES string of the molecule is CN(CCCNS(=O)(=O)c1cc(C(=O)O)n(C)c1)c1ccccc1. The highest BCUT2D eigenvalue weighted by Gasteiger charge is 2.19. The van der Waals surface area contributed by atoms with E-state index in [2.05, 4.69) is 4.72 Å². The number of benzene rings is 1. The molecule has 0 radical (unpaired) electrons. The van der Waals surface area contributed by atoms with E-state index >= 15 is 0 Å². The van der Waals surface area contributed by atoms with Crippen LogP contribution in [0.15, 0.2) is 47.5 Å². The molecule has 1 aromatic carbocycles. The van der Waals surface area contributed by atoms with Crippen LogP contribution in [-0.2, 0) is 17.1 Å². The molecule has 0 amide bonds. The molecule has 0 aliphatic heterocycles. The highest BCUT2D eigenvalue weighted by molar-refractivity contribution is 7.89. The molecule has 0 spiro atoms. The lowest BCUT2D eigenvalue weighted by Crippen LogP contribution is -2.28. The smallest absolute Gasteiger partial charge is 0.352 e. The Labute approximate surface area is 141 Å². The van der Waals surface area contributed by atoms with Gasteiger partial charge in [-0.25, -0.2) is 17.9 Å². The van der Waals surface area contributed by atoms with Crippen molar-refractivity contribution < 1.29 is 18.3 Å². The molecule has 0 bridgehead atoms. The van der Waals surface area contributed by atoms with Gasteiger partial charge in [0.05, 0.1) is 0 Å². The second-order valence-corrected chi connectivity index (χ2v) is 7.25. The van der Waals surface area contributed by atoms with E-state index in [9.17, 15) is 13.2 Å². The first-order valence-corrected chi connectivity index (χ1v) is 8.95. The van der Waals surface area contributed by atoms with Gasteiger partial charge in [-0.3, -0.25) is 0 Å². The number of hydrogen-bond donors (Lipinski definition) is 2. The summed E-state index contributed by atoms with van der Waals surface area (Å²) in [4.78, 5) is 13.0. The molecule has 0 unspecified atom stereocenters. The zero-order chi connectivity index (χ0) is 17.7. The summed E-state index contributed by atoms with van der Waals surface area (Å²) in [7, 11) is -0.269. The Hall–Kier alpha value is -2.32. The van der Waals surface area contributed by atoms with E-state index in [1.54, 1.807) is 0 Å². The van der Waals surface area contributed by atoms with Crippen LogP contribution >= 0.6 is 0 Å². The number of carboxylic acid groups (broad SMARTS) is 1. The van der Waals surface area contributed by atoms with Crippen LogP contribution in [0.25, 0.3) is 0 Å². The Balaban J connectivity index is 1.89. The van der Waals surface area contributed by atoms with Gasteiger partial charge in [0.15, 0.2) is 0 Å². The monoisotopic (exact) mass is 351 g/mol. The van der Waals surface area contributed by atoms with Crippen molar-refractivity contribution in [2.75, 3.05) is 25.0 Å². The Morgan fingerprint density at radius 2 is 1.96 bits per heavy atom. The highest BCUT2D eigenvalue weighted by atomic mass is 32.2. The minimum absolute atomic E-state index is 0.0428. The molecule has 1 aromatic heterocycles. The molecular formula is C16H21N3O4S. The number of carbonyl (C=O) groups is 1. The summed E-state index contributed by atoms with van der Waals surface area (Å²) in [5, 5.41) is 8.99. The molecule has 0 saturated heterocycles. The fraction of sp³-hybridized carbons (Fsp3) is 0.312. The minimum Gasteiger partial charge on any atom is -0.477 e. The fourth-order valence-electron chi connectivity index (χ4n) is 2.31. The number of rotatable bonds is 8.